The lowest BCUT2D eigenvalue weighted by atomic mass is 10.2. The highest BCUT2D eigenvalue weighted by atomic mass is 28.4. The summed E-state index contributed by atoms with van der Waals surface area (Å²) in [5.74, 6) is -0.278. The van der Waals surface area contributed by atoms with Gasteiger partial charge in [0, 0.05) is 12.2 Å². The van der Waals surface area contributed by atoms with E-state index in [-0.39, 0.29) is 5.97 Å². The molecule has 0 aromatic carbocycles. The van der Waals surface area contributed by atoms with Crippen molar-refractivity contribution in [2.75, 3.05) is 13.2 Å². The van der Waals surface area contributed by atoms with Crippen LogP contribution in [-0.2, 0) is 14.0 Å². The Hall–Kier alpha value is -0.613. The van der Waals surface area contributed by atoms with Gasteiger partial charge in [-0.25, -0.2) is 4.79 Å². The first-order chi connectivity index (χ1) is 8.39. The van der Waals surface area contributed by atoms with Crippen molar-refractivity contribution in [3.63, 3.8) is 0 Å². The molecule has 0 unspecified atom stereocenters. The maximum Gasteiger partial charge on any atom is 0.333 e. The van der Waals surface area contributed by atoms with Gasteiger partial charge in [-0.2, -0.15) is 0 Å². The molecule has 0 saturated carbocycles. The van der Waals surface area contributed by atoms with Crippen LogP contribution in [0, 0.1) is 0 Å². The van der Waals surface area contributed by atoms with E-state index in [1.54, 1.807) is 6.92 Å². The molecule has 3 nitrogen and oxygen atoms in total. The molecule has 0 radical (unpaired) electrons. The number of rotatable bonds is 10. The third-order valence-corrected chi connectivity index (χ3v) is 5.42. The molecule has 0 fully saturated rings. The number of ether oxygens (including phenoxy) is 1. The molecule has 0 spiro atoms. The van der Waals surface area contributed by atoms with Gasteiger partial charge in [0.25, 0.3) is 0 Å². The van der Waals surface area contributed by atoms with Crippen LogP contribution >= 0.6 is 0 Å². The second kappa shape index (κ2) is 9.33. The van der Waals surface area contributed by atoms with Crippen LogP contribution in [0.3, 0.4) is 0 Å². The lowest BCUT2D eigenvalue weighted by Gasteiger charge is -2.21. The smallest absolute Gasteiger partial charge is 0.333 e. The summed E-state index contributed by atoms with van der Waals surface area (Å²) in [5, 5.41) is 0. The fourth-order valence-electron chi connectivity index (χ4n) is 1.76. The van der Waals surface area contributed by atoms with Crippen molar-refractivity contribution in [3.05, 3.63) is 12.2 Å². The molecule has 0 aliphatic heterocycles. The quantitative estimate of drug-likeness (QED) is 0.262. The Kier molecular flexibility index (Phi) is 9.02. The second-order valence-electron chi connectivity index (χ2n) is 5.27. The van der Waals surface area contributed by atoms with E-state index in [1.165, 1.54) is 18.9 Å². The number of unbranched alkanes of at least 4 members (excludes halogenated alkanes) is 3. The van der Waals surface area contributed by atoms with Gasteiger partial charge >= 0.3 is 5.97 Å². The number of hydrogen-bond acceptors (Lipinski definition) is 3. The number of esters is 1. The van der Waals surface area contributed by atoms with Gasteiger partial charge in [0.1, 0.15) is 0 Å². The minimum atomic E-state index is -1.40. The Morgan fingerprint density at radius 2 is 1.78 bits per heavy atom. The van der Waals surface area contributed by atoms with Crippen molar-refractivity contribution in [3.8, 4) is 0 Å². The molecule has 4 heteroatoms. The van der Waals surface area contributed by atoms with E-state index >= 15 is 0 Å². The van der Waals surface area contributed by atoms with E-state index in [1.807, 2.05) is 0 Å². The standard InChI is InChI=1S/C14H28O3Si/c1-6-17-18(4,5)12-10-8-7-9-11-16-14(15)13(2)3/h2,6-12H2,1,3-5H3. The molecule has 0 atom stereocenters. The lowest BCUT2D eigenvalue weighted by molar-refractivity contribution is -0.139. The average molecular weight is 272 g/mol. The Morgan fingerprint density at radius 3 is 2.33 bits per heavy atom. The molecule has 0 saturated heterocycles. The molecule has 0 aliphatic rings. The van der Waals surface area contributed by atoms with Crippen LogP contribution < -0.4 is 0 Å². The topological polar surface area (TPSA) is 35.5 Å². The van der Waals surface area contributed by atoms with Crippen LogP contribution in [0.1, 0.15) is 39.5 Å². The van der Waals surface area contributed by atoms with E-state index in [4.69, 9.17) is 9.16 Å². The van der Waals surface area contributed by atoms with E-state index in [9.17, 15) is 4.79 Å². The predicted octanol–water partition coefficient (Wildman–Crippen LogP) is 3.91. The fraction of sp³-hybridized carbons (Fsp3) is 0.786. The summed E-state index contributed by atoms with van der Waals surface area (Å²) in [4.78, 5) is 11.1. The van der Waals surface area contributed by atoms with Crippen molar-refractivity contribution < 1.29 is 14.0 Å². The largest absolute Gasteiger partial charge is 0.462 e. The van der Waals surface area contributed by atoms with Crippen LogP contribution in [0.15, 0.2) is 12.2 Å². The highest BCUT2D eigenvalue weighted by Gasteiger charge is 2.20. The first-order valence-corrected chi connectivity index (χ1v) is 9.97. The Morgan fingerprint density at radius 1 is 1.17 bits per heavy atom. The second-order valence-corrected chi connectivity index (χ2v) is 9.58. The van der Waals surface area contributed by atoms with E-state index in [0.29, 0.717) is 12.2 Å². The maximum absolute atomic E-state index is 11.1. The molecule has 0 heterocycles. The molecule has 0 aliphatic carbocycles. The molecule has 0 N–H and O–H groups in total. The van der Waals surface area contributed by atoms with Crippen molar-refractivity contribution >= 4 is 14.3 Å². The summed E-state index contributed by atoms with van der Waals surface area (Å²) < 4.78 is 10.8. The monoisotopic (exact) mass is 272 g/mol. The van der Waals surface area contributed by atoms with Crippen molar-refractivity contribution in [2.45, 2.75) is 58.7 Å². The Labute approximate surface area is 113 Å². The fourth-order valence-corrected chi connectivity index (χ4v) is 3.78. The van der Waals surface area contributed by atoms with E-state index in [2.05, 4.69) is 26.6 Å². The van der Waals surface area contributed by atoms with Crippen molar-refractivity contribution in [1.29, 1.82) is 0 Å². The average Bonchev–Trinajstić information content (AvgIpc) is 2.27. The Bertz CT molecular complexity index is 262. The zero-order valence-electron chi connectivity index (χ0n) is 12.4. The van der Waals surface area contributed by atoms with Gasteiger partial charge < -0.3 is 9.16 Å². The number of hydrogen-bond donors (Lipinski definition) is 0. The molecule has 0 rings (SSSR count). The lowest BCUT2D eigenvalue weighted by Crippen LogP contribution is -2.29. The summed E-state index contributed by atoms with van der Waals surface area (Å²) in [6.07, 6.45) is 4.46. The van der Waals surface area contributed by atoms with Gasteiger partial charge in [0.2, 0.25) is 0 Å². The third kappa shape index (κ3) is 9.42. The third-order valence-electron chi connectivity index (χ3n) is 2.79. The van der Waals surface area contributed by atoms with Crippen LogP contribution in [-0.4, -0.2) is 27.5 Å². The maximum atomic E-state index is 11.1. The molecule has 106 valence electrons. The first-order valence-electron chi connectivity index (χ1n) is 6.85. The van der Waals surface area contributed by atoms with Crippen LogP contribution in [0.4, 0.5) is 0 Å². The van der Waals surface area contributed by atoms with E-state index in [0.717, 1.165) is 19.4 Å². The summed E-state index contributed by atoms with van der Waals surface area (Å²) in [7, 11) is -1.40. The zero-order valence-corrected chi connectivity index (χ0v) is 13.4. The highest BCUT2D eigenvalue weighted by Crippen LogP contribution is 2.16. The van der Waals surface area contributed by atoms with Gasteiger partial charge in [-0.3, -0.25) is 0 Å². The minimum Gasteiger partial charge on any atom is -0.462 e. The number of carbonyl (C=O) groups is 1. The van der Waals surface area contributed by atoms with Crippen LogP contribution in [0.5, 0.6) is 0 Å². The summed E-state index contributed by atoms with van der Waals surface area (Å²) >= 11 is 0. The minimum absolute atomic E-state index is 0.278. The van der Waals surface area contributed by atoms with E-state index < -0.39 is 8.32 Å². The molecular formula is C14H28O3Si. The number of carbonyl (C=O) groups excluding carboxylic acids is 1. The van der Waals surface area contributed by atoms with Gasteiger partial charge in [0.05, 0.1) is 6.61 Å². The summed E-state index contributed by atoms with van der Waals surface area (Å²) in [6.45, 7) is 13.2. The molecular weight excluding hydrogens is 244 g/mol. The van der Waals surface area contributed by atoms with Crippen molar-refractivity contribution in [2.24, 2.45) is 0 Å². The molecule has 0 bridgehead atoms. The van der Waals surface area contributed by atoms with Crippen molar-refractivity contribution in [1.82, 2.24) is 0 Å². The SMILES string of the molecule is C=C(C)C(=O)OCCCCCC[Si](C)(C)OCC. The highest BCUT2D eigenvalue weighted by molar-refractivity contribution is 6.71. The molecule has 0 amide bonds. The predicted molar refractivity (Wildman–Crippen MR) is 78.2 cm³/mol. The summed E-state index contributed by atoms with van der Waals surface area (Å²) in [5.41, 5.74) is 0.472. The molecule has 0 aromatic rings. The van der Waals surface area contributed by atoms with Gasteiger partial charge in [-0.1, -0.05) is 25.8 Å². The van der Waals surface area contributed by atoms with Gasteiger partial charge in [-0.05, 0) is 39.4 Å². The van der Waals surface area contributed by atoms with Gasteiger partial charge in [0.15, 0.2) is 8.32 Å². The zero-order chi connectivity index (χ0) is 14.0. The van der Waals surface area contributed by atoms with Crippen LogP contribution in [0.2, 0.25) is 19.1 Å². The first kappa shape index (κ1) is 17.4. The van der Waals surface area contributed by atoms with Crippen LogP contribution in [0.25, 0.3) is 0 Å². The normalized spacial score (nSPS) is 11.3. The molecule has 18 heavy (non-hydrogen) atoms. The molecule has 0 aromatic heterocycles. The Balaban J connectivity index is 3.41. The van der Waals surface area contributed by atoms with Gasteiger partial charge in [-0.15, -0.1) is 0 Å². The summed E-state index contributed by atoms with van der Waals surface area (Å²) in [6, 6.07) is 1.21.